The summed E-state index contributed by atoms with van der Waals surface area (Å²) in [6, 6.07) is 5.56. The number of Topliss-reactive ketones (excluding diaryl/α,β-unsaturated/α-hetero) is 1. The number of carbonyl (C=O) groups excluding carboxylic acids is 2. The third-order valence-corrected chi connectivity index (χ3v) is 6.13. The Morgan fingerprint density at radius 2 is 1.89 bits per heavy atom. The SMILES string of the molecule is CC(=O)SCC(=Cc1ccc2c(c1)C(=O)CCO2)B1OC(C)(C)C(C)(C)O1. The van der Waals surface area contributed by atoms with Crippen LogP contribution < -0.4 is 4.74 Å². The molecule has 1 fully saturated rings. The van der Waals surface area contributed by atoms with Gasteiger partial charge < -0.3 is 14.0 Å². The van der Waals surface area contributed by atoms with Gasteiger partial charge in [-0.2, -0.15) is 0 Å². The molecule has 1 aromatic carbocycles. The van der Waals surface area contributed by atoms with Gasteiger partial charge in [-0.15, -0.1) is 0 Å². The van der Waals surface area contributed by atoms with E-state index in [2.05, 4.69) is 0 Å². The number of thioether (sulfide) groups is 1. The van der Waals surface area contributed by atoms with Crippen molar-refractivity contribution in [1.29, 1.82) is 0 Å². The number of rotatable bonds is 4. The van der Waals surface area contributed by atoms with Gasteiger partial charge in [-0.05, 0) is 50.9 Å². The quantitative estimate of drug-likeness (QED) is 0.728. The fourth-order valence-electron chi connectivity index (χ4n) is 2.94. The van der Waals surface area contributed by atoms with Crippen LogP contribution in [0.2, 0.25) is 0 Å². The van der Waals surface area contributed by atoms with Gasteiger partial charge in [-0.25, -0.2) is 0 Å². The van der Waals surface area contributed by atoms with Crippen LogP contribution in [0.1, 0.15) is 57.0 Å². The maximum Gasteiger partial charge on any atom is 0.491 e. The van der Waals surface area contributed by atoms with Crippen molar-refractivity contribution in [2.45, 2.75) is 52.2 Å². The fourth-order valence-corrected chi connectivity index (χ4v) is 3.53. The van der Waals surface area contributed by atoms with Crippen LogP contribution in [0.4, 0.5) is 0 Å². The molecule has 2 aliphatic heterocycles. The Morgan fingerprint density at radius 1 is 1.22 bits per heavy atom. The summed E-state index contributed by atoms with van der Waals surface area (Å²) in [5.41, 5.74) is 1.40. The minimum Gasteiger partial charge on any atom is -0.492 e. The molecule has 7 heteroatoms. The Balaban J connectivity index is 1.93. The molecule has 3 rings (SSSR count). The van der Waals surface area contributed by atoms with Crippen LogP contribution in [0.25, 0.3) is 6.08 Å². The van der Waals surface area contributed by atoms with Crippen LogP contribution in [-0.2, 0) is 14.1 Å². The Kier molecular flexibility index (Phi) is 5.57. The maximum absolute atomic E-state index is 12.2. The van der Waals surface area contributed by atoms with Crippen LogP contribution in [0, 0.1) is 0 Å². The van der Waals surface area contributed by atoms with E-state index < -0.39 is 18.3 Å². The smallest absolute Gasteiger partial charge is 0.491 e. The summed E-state index contributed by atoms with van der Waals surface area (Å²) >= 11 is 1.22. The molecular formula is C20H25BO5S. The number of hydrogen-bond donors (Lipinski definition) is 0. The van der Waals surface area contributed by atoms with Crippen molar-refractivity contribution in [2.24, 2.45) is 0 Å². The lowest BCUT2D eigenvalue weighted by atomic mass is 9.78. The topological polar surface area (TPSA) is 61.8 Å². The minimum atomic E-state index is -0.537. The van der Waals surface area contributed by atoms with Gasteiger partial charge >= 0.3 is 7.12 Å². The second-order valence-corrected chi connectivity index (χ2v) is 9.02. The van der Waals surface area contributed by atoms with Crippen LogP contribution in [0.3, 0.4) is 0 Å². The highest BCUT2D eigenvalue weighted by molar-refractivity contribution is 8.13. The van der Waals surface area contributed by atoms with E-state index in [-0.39, 0.29) is 10.9 Å². The molecule has 5 nitrogen and oxygen atoms in total. The summed E-state index contributed by atoms with van der Waals surface area (Å²) < 4.78 is 17.9. The van der Waals surface area contributed by atoms with E-state index in [0.29, 0.717) is 30.1 Å². The largest absolute Gasteiger partial charge is 0.492 e. The molecule has 0 amide bonds. The Hall–Kier alpha value is -1.57. The maximum atomic E-state index is 12.2. The summed E-state index contributed by atoms with van der Waals surface area (Å²) in [5.74, 6) is 1.17. The molecule has 2 heterocycles. The van der Waals surface area contributed by atoms with Crippen LogP contribution >= 0.6 is 11.8 Å². The fraction of sp³-hybridized carbons (Fsp3) is 0.500. The minimum absolute atomic E-state index is 0.0337. The van der Waals surface area contributed by atoms with Crippen molar-refractivity contribution in [1.82, 2.24) is 0 Å². The molecular weight excluding hydrogens is 363 g/mol. The van der Waals surface area contributed by atoms with Crippen molar-refractivity contribution < 1.29 is 23.6 Å². The van der Waals surface area contributed by atoms with Crippen LogP contribution in [0.15, 0.2) is 23.7 Å². The van der Waals surface area contributed by atoms with Crippen molar-refractivity contribution in [2.75, 3.05) is 12.4 Å². The van der Waals surface area contributed by atoms with Gasteiger partial charge in [0.2, 0.25) is 0 Å². The molecule has 0 spiro atoms. The van der Waals surface area contributed by atoms with Gasteiger partial charge in [0.1, 0.15) is 5.75 Å². The summed E-state index contributed by atoms with van der Waals surface area (Å²) in [5, 5.41) is 0.0337. The molecule has 0 aromatic heterocycles. The molecule has 0 atom stereocenters. The molecule has 0 unspecified atom stereocenters. The van der Waals surface area contributed by atoms with E-state index in [1.807, 2.05) is 52.0 Å². The van der Waals surface area contributed by atoms with Gasteiger partial charge in [0.05, 0.1) is 23.4 Å². The first kappa shape index (κ1) is 20.2. The lowest BCUT2D eigenvalue weighted by Crippen LogP contribution is -2.41. The summed E-state index contributed by atoms with van der Waals surface area (Å²) in [7, 11) is -0.537. The van der Waals surface area contributed by atoms with E-state index in [0.717, 1.165) is 11.0 Å². The van der Waals surface area contributed by atoms with Crippen molar-refractivity contribution >= 4 is 35.9 Å². The van der Waals surface area contributed by atoms with E-state index in [1.165, 1.54) is 11.8 Å². The first-order valence-corrected chi connectivity index (χ1v) is 10.1. The first-order valence-electron chi connectivity index (χ1n) is 9.08. The normalized spacial score (nSPS) is 21.0. The predicted octanol–water partition coefficient (Wildman–Crippen LogP) is 3.95. The first-order chi connectivity index (χ1) is 12.6. The van der Waals surface area contributed by atoms with Crippen LogP contribution in [0.5, 0.6) is 5.75 Å². The zero-order chi connectivity index (χ0) is 19.8. The average Bonchev–Trinajstić information content (AvgIpc) is 2.79. The van der Waals surface area contributed by atoms with Gasteiger partial charge in [-0.3, -0.25) is 9.59 Å². The standard InChI is InChI=1S/C20H25BO5S/c1-13(22)27-12-15(21-25-19(2,3)20(4,5)26-21)10-14-6-7-18-16(11-14)17(23)8-9-24-18/h6-7,10-11H,8-9,12H2,1-5H3. The van der Waals surface area contributed by atoms with E-state index in [9.17, 15) is 9.59 Å². The molecule has 1 saturated heterocycles. The second-order valence-electron chi connectivity index (χ2n) is 7.86. The lowest BCUT2D eigenvalue weighted by molar-refractivity contribution is -0.109. The van der Waals surface area contributed by atoms with Gasteiger partial charge in [0.25, 0.3) is 0 Å². The summed E-state index contributed by atoms with van der Waals surface area (Å²) in [4.78, 5) is 23.7. The van der Waals surface area contributed by atoms with E-state index in [4.69, 9.17) is 14.0 Å². The molecule has 27 heavy (non-hydrogen) atoms. The number of hydrogen-bond acceptors (Lipinski definition) is 6. The van der Waals surface area contributed by atoms with E-state index in [1.54, 1.807) is 6.92 Å². The zero-order valence-corrected chi connectivity index (χ0v) is 17.3. The number of benzene rings is 1. The monoisotopic (exact) mass is 388 g/mol. The number of ketones is 1. The molecule has 0 saturated carbocycles. The molecule has 0 bridgehead atoms. The third-order valence-electron chi connectivity index (χ3n) is 5.24. The number of ether oxygens (including phenoxy) is 1. The lowest BCUT2D eigenvalue weighted by Gasteiger charge is -2.32. The Labute approximate surface area is 165 Å². The molecule has 0 aliphatic carbocycles. The summed E-state index contributed by atoms with van der Waals surface area (Å²) in [6.45, 7) is 9.96. The Bertz CT molecular complexity index is 784. The molecule has 2 aliphatic rings. The van der Waals surface area contributed by atoms with Crippen molar-refractivity contribution in [3.05, 3.63) is 34.8 Å². The van der Waals surface area contributed by atoms with Crippen LogP contribution in [-0.4, -0.2) is 41.6 Å². The number of fused-ring (bicyclic) bond motifs is 1. The molecule has 0 radical (unpaired) electrons. The highest BCUT2D eigenvalue weighted by atomic mass is 32.2. The van der Waals surface area contributed by atoms with Gasteiger partial charge in [-0.1, -0.05) is 23.9 Å². The highest BCUT2D eigenvalue weighted by Crippen LogP contribution is 2.39. The Morgan fingerprint density at radius 3 is 2.52 bits per heavy atom. The summed E-state index contributed by atoms with van der Waals surface area (Å²) in [6.07, 6.45) is 2.34. The van der Waals surface area contributed by atoms with Crippen molar-refractivity contribution in [3.63, 3.8) is 0 Å². The van der Waals surface area contributed by atoms with Crippen molar-refractivity contribution in [3.8, 4) is 5.75 Å². The second kappa shape index (κ2) is 7.45. The average molecular weight is 388 g/mol. The van der Waals surface area contributed by atoms with Gasteiger partial charge in [0.15, 0.2) is 10.9 Å². The van der Waals surface area contributed by atoms with E-state index >= 15 is 0 Å². The zero-order valence-electron chi connectivity index (χ0n) is 16.5. The molecule has 0 N–H and O–H groups in total. The van der Waals surface area contributed by atoms with Gasteiger partial charge in [0, 0.05) is 19.1 Å². The third kappa shape index (κ3) is 4.31. The molecule has 144 valence electrons. The molecule has 1 aromatic rings. The number of carbonyl (C=O) groups is 2. The predicted molar refractivity (Wildman–Crippen MR) is 108 cm³/mol. The highest BCUT2D eigenvalue weighted by Gasteiger charge is 2.52.